The lowest BCUT2D eigenvalue weighted by Crippen LogP contribution is -2.45. The third-order valence-electron chi connectivity index (χ3n) is 4.68. The van der Waals surface area contributed by atoms with E-state index in [9.17, 15) is 15.3 Å². The SMILES string of the molecule is N[C@H]1c2c(ccc3ccc4ccccc4c23)[C@@H](O)[C@H](O)[C@@H]1O. The smallest absolute Gasteiger partial charge is 0.112 e. The minimum Gasteiger partial charge on any atom is -0.388 e. The largest absolute Gasteiger partial charge is 0.388 e. The van der Waals surface area contributed by atoms with Gasteiger partial charge in [-0.05, 0) is 32.7 Å². The molecule has 3 aromatic rings. The molecule has 1 aliphatic rings. The van der Waals surface area contributed by atoms with Crippen LogP contribution < -0.4 is 5.73 Å². The van der Waals surface area contributed by atoms with Crippen molar-refractivity contribution in [2.45, 2.75) is 24.4 Å². The van der Waals surface area contributed by atoms with Crippen molar-refractivity contribution in [3.05, 3.63) is 59.7 Å². The van der Waals surface area contributed by atoms with Crippen LogP contribution in [-0.2, 0) is 0 Å². The van der Waals surface area contributed by atoms with Crippen molar-refractivity contribution in [3.63, 3.8) is 0 Å². The van der Waals surface area contributed by atoms with E-state index in [0.717, 1.165) is 27.1 Å². The monoisotopic (exact) mass is 295 g/mol. The summed E-state index contributed by atoms with van der Waals surface area (Å²) >= 11 is 0. The van der Waals surface area contributed by atoms with Gasteiger partial charge in [-0.15, -0.1) is 0 Å². The zero-order valence-electron chi connectivity index (χ0n) is 11.8. The van der Waals surface area contributed by atoms with Gasteiger partial charge in [-0.1, -0.05) is 48.5 Å². The Balaban J connectivity index is 2.17. The van der Waals surface area contributed by atoms with Crippen LogP contribution in [0.2, 0.25) is 0 Å². The molecule has 0 unspecified atom stereocenters. The van der Waals surface area contributed by atoms with Gasteiger partial charge in [0.1, 0.15) is 18.3 Å². The summed E-state index contributed by atoms with van der Waals surface area (Å²) in [5.74, 6) is 0. The second-order valence-electron chi connectivity index (χ2n) is 5.91. The Hall–Kier alpha value is -1.98. The van der Waals surface area contributed by atoms with Crippen LogP contribution in [0.5, 0.6) is 0 Å². The molecule has 112 valence electrons. The minimum atomic E-state index is -1.27. The van der Waals surface area contributed by atoms with Crippen LogP contribution in [0.4, 0.5) is 0 Å². The lowest BCUT2D eigenvalue weighted by atomic mass is 9.79. The Morgan fingerprint density at radius 3 is 2.27 bits per heavy atom. The molecule has 4 atom stereocenters. The molecule has 0 bridgehead atoms. The molecule has 0 radical (unpaired) electrons. The highest BCUT2D eigenvalue weighted by Gasteiger charge is 2.39. The maximum Gasteiger partial charge on any atom is 0.112 e. The molecule has 0 aromatic heterocycles. The number of nitrogens with two attached hydrogens (primary N) is 1. The summed E-state index contributed by atoms with van der Waals surface area (Å²) in [7, 11) is 0. The topological polar surface area (TPSA) is 86.7 Å². The lowest BCUT2D eigenvalue weighted by molar-refractivity contribution is -0.0793. The van der Waals surface area contributed by atoms with Crippen LogP contribution in [0.1, 0.15) is 23.3 Å². The maximum absolute atomic E-state index is 10.3. The molecule has 4 nitrogen and oxygen atoms in total. The molecule has 4 rings (SSSR count). The van der Waals surface area contributed by atoms with E-state index in [4.69, 9.17) is 5.73 Å². The standard InChI is InChI=1S/C18H17NO3/c19-15-14-12(16(20)18(22)17(15)21)8-7-10-6-5-9-3-1-2-4-11(9)13(10)14/h1-8,15-18,20-22H,19H2/t15-,16+,17+,18-/m0/s1. The first-order valence-corrected chi connectivity index (χ1v) is 7.33. The Morgan fingerprint density at radius 1 is 0.773 bits per heavy atom. The van der Waals surface area contributed by atoms with Crippen molar-refractivity contribution in [1.82, 2.24) is 0 Å². The van der Waals surface area contributed by atoms with Crippen molar-refractivity contribution in [2.24, 2.45) is 5.73 Å². The Labute approximate surface area is 127 Å². The molecule has 5 N–H and O–H groups in total. The summed E-state index contributed by atoms with van der Waals surface area (Å²) in [6.07, 6.45) is -3.59. The second-order valence-corrected chi connectivity index (χ2v) is 5.91. The third-order valence-corrected chi connectivity index (χ3v) is 4.68. The molecule has 0 saturated heterocycles. The van der Waals surface area contributed by atoms with Crippen molar-refractivity contribution in [1.29, 1.82) is 0 Å². The van der Waals surface area contributed by atoms with Crippen LogP contribution in [0.25, 0.3) is 21.5 Å². The molecular formula is C18H17NO3. The zero-order chi connectivity index (χ0) is 15.4. The van der Waals surface area contributed by atoms with E-state index in [1.807, 2.05) is 42.5 Å². The van der Waals surface area contributed by atoms with E-state index in [-0.39, 0.29) is 0 Å². The summed E-state index contributed by atoms with van der Waals surface area (Å²) < 4.78 is 0. The van der Waals surface area contributed by atoms with E-state index in [2.05, 4.69) is 0 Å². The average Bonchev–Trinajstić information content (AvgIpc) is 2.56. The number of rotatable bonds is 0. The van der Waals surface area contributed by atoms with E-state index < -0.39 is 24.4 Å². The van der Waals surface area contributed by atoms with Crippen LogP contribution >= 0.6 is 0 Å². The highest BCUT2D eigenvalue weighted by atomic mass is 16.4. The molecule has 4 heteroatoms. The number of aliphatic hydroxyl groups is 3. The van der Waals surface area contributed by atoms with Gasteiger partial charge < -0.3 is 21.1 Å². The second kappa shape index (κ2) is 4.76. The van der Waals surface area contributed by atoms with Gasteiger partial charge in [-0.2, -0.15) is 0 Å². The molecule has 0 heterocycles. The van der Waals surface area contributed by atoms with Gasteiger partial charge in [0.2, 0.25) is 0 Å². The third kappa shape index (κ3) is 1.72. The van der Waals surface area contributed by atoms with E-state index >= 15 is 0 Å². The van der Waals surface area contributed by atoms with Gasteiger partial charge in [-0.25, -0.2) is 0 Å². The summed E-state index contributed by atoms with van der Waals surface area (Å²) in [5.41, 5.74) is 7.49. The van der Waals surface area contributed by atoms with Crippen molar-refractivity contribution >= 4 is 21.5 Å². The first-order chi connectivity index (χ1) is 10.6. The molecular weight excluding hydrogens is 278 g/mol. The quantitative estimate of drug-likeness (QED) is 0.476. The van der Waals surface area contributed by atoms with Gasteiger partial charge in [0.15, 0.2) is 0 Å². The zero-order valence-corrected chi connectivity index (χ0v) is 11.8. The first kappa shape index (κ1) is 13.7. The van der Waals surface area contributed by atoms with E-state index in [1.54, 1.807) is 6.07 Å². The van der Waals surface area contributed by atoms with Gasteiger partial charge in [0.05, 0.1) is 6.04 Å². The Kier molecular flexibility index (Phi) is 2.96. The summed E-state index contributed by atoms with van der Waals surface area (Å²) in [4.78, 5) is 0. The maximum atomic E-state index is 10.3. The van der Waals surface area contributed by atoms with E-state index in [1.165, 1.54) is 0 Å². The van der Waals surface area contributed by atoms with Gasteiger partial charge >= 0.3 is 0 Å². The number of fused-ring (bicyclic) bond motifs is 5. The van der Waals surface area contributed by atoms with Gasteiger partial charge in [0.25, 0.3) is 0 Å². The lowest BCUT2D eigenvalue weighted by Gasteiger charge is -2.36. The molecule has 1 aliphatic carbocycles. The van der Waals surface area contributed by atoms with Gasteiger partial charge in [0, 0.05) is 0 Å². The molecule has 0 fully saturated rings. The normalized spacial score (nSPS) is 28.0. The number of hydrogen-bond acceptors (Lipinski definition) is 4. The molecule has 0 aliphatic heterocycles. The van der Waals surface area contributed by atoms with Crippen LogP contribution in [0, 0.1) is 0 Å². The molecule has 0 spiro atoms. The fourth-order valence-electron chi connectivity index (χ4n) is 3.51. The summed E-state index contributed by atoms with van der Waals surface area (Å²) in [5, 5.41) is 34.5. The first-order valence-electron chi connectivity index (χ1n) is 7.33. The average molecular weight is 295 g/mol. The van der Waals surface area contributed by atoms with Crippen molar-refractivity contribution in [2.75, 3.05) is 0 Å². The Bertz CT molecular complexity index is 877. The Morgan fingerprint density at radius 2 is 1.45 bits per heavy atom. The molecule has 0 saturated carbocycles. The summed E-state index contributed by atoms with van der Waals surface area (Å²) in [6, 6.07) is 15.0. The predicted molar refractivity (Wildman–Crippen MR) is 85.4 cm³/mol. The molecule has 0 amide bonds. The highest BCUT2D eigenvalue weighted by Crippen LogP contribution is 2.41. The minimum absolute atomic E-state index is 0.592. The number of benzene rings is 3. The van der Waals surface area contributed by atoms with E-state index in [0.29, 0.717) is 5.56 Å². The number of aliphatic hydroxyl groups excluding tert-OH is 3. The predicted octanol–water partition coefficient (Wildman–Crippen LogP) is 1.76. The van der Waals surface area contributed by atoms with Gasteiger partial charge in [-0.3, -0.25) is 0 Å². The molecule has 3 aromatic carbocycles. The van der Waals surface area contributed by atoms with Crippen LogP contribution in [0.3, 0.4) is 0 Å². The summed E-state index contributed by atoms with van der Waals surface area (Å²) in [6.45, 7) is 0. The fourth-order valence-corrected chi connectivity index (χ4v) is 3.51. The van der Waals surface area contributed by atoms with Crippen LogP contribution in [0.15, 0.2) is 48.5 Å². The van der Waals surface area contributed by atoms with Crippen molar-refractivity contribution < 1.29 is 15.3 Å². The number of hydrogen-bond donors (Lipinski definition) is 4. The molecule has 22 heavy (non-hydrogen) atoms. The fraction of sp³-hybridized carbons (Fsp3) is 0.222. The highest BCUT2D eigenvalue weighted by molar-refractivity contribution is 6.09. The van der Waals surface area contributed by atoms with Crippen LogP contribution in [-0.4, -0.2) is 27.5 Å². The van der Waals surface area contributed by atoms with Crippen molar-refractivity contribution in [3.8, 4) is 0 Å².